The van der Waals surface area contributed by atoms with Gasteiger partial charge in [0.15, 0.2) is 0 Å². The van der Waals surface area contributed by atoms with Crippen LogP contribution >= 0.6 is 0 Å². The first-order valence-electron chi connectivity index (χ1n) is 6.81. The average Bonchev–Trinajstić information content (AvgIpc) is 2.47. The number of fused-ring (bicyclic) bond motifs is 1. The summed E-state index contributed by atoms with van der Waals surface area (Å²) >= 11 is 0. The lowest BCUT2D eigenvalue weighted by Gasteiger charge is -2.26. The van der Waals surface area contributed by atoms with E-state index in [4.69, 9.17) is 0 Å². The van der Waals surface area contributed by atoms with Crippen molar-refractivity contribution in [1.82, 2.24) is 0 Å². The molecule has 0 aromatic heterocycles. The SMILES string of the molecule is FC(F)(F)C(C1=NCCc2ccccc21)c1ccccc1. The molecular formula is C17H14F3N. The summed E-state index contributed by atoms with van der Waals surface area (Å²) in [6, 6.07) is 15.2. The van der Waals surface area contributed by atoms with Crippen LogP contribution in [0.5, 0.6) is 0 Å². The highest BCUT2D eigenvalue weighted by atomic mass is 19.4. The number of hydrogen-bond donors (Lipinski definition) is 0. The number of benzene rings is 2. The molecule has 1 unspecified atom stereocenters. The fourth-order valence-electron chi connectivity index (χ4n) is 2.76. The Labute approximate surface area is 121 Å². The summed E-state index contributed by atoms with van der Waals surface area (Å²) in [5, 5.41) is 0. The van der Waals surface area contributed by atoms with Gasteiger partial charge in [-0.2, -0.15) is 13.2 Å². The first-order valence-corrected chi connectivity index (χ1v) is 6.81. The van der Waals surface area contributed by atoms with Gasteiger partial charge in [-0.3, -0.25) is 4.99 Å². The van der Waals surface area contributed by atoms with E-state index in [0.29, 0.717) is 18.5 Å². The molecular weight excluding hydrogens is 275 g/mol. The summed E-state index contributed by atoms with van der Waals surface area (Å²) in [6.07, 6.45) is -3.66. The highest BCUT2D eigenvalue weighted by Gasteiger charge is 2.45. The minimum Gasteiger partial charge on any atom is -0.288 e. The highest BCUT2D eigenvalue weighted by molar-refractivity contribution is 6.07. The highest BCUT2D eigenvalue weighted by Crippen LogP contribution is 2.39. The van der Waals surface area contributed by atoms with Crippen molar-refractivity contribution < 1.29 is 13.2 Å². The monoisotopic (exact) mass is 289 g/mol. The summed E-state index contributed by atoms with van der Waals surface area (Å²) < 4.78 is 40.8. The van der Waals surface area contributed by atoms with Crippen LogP contribution in [0.3, 0.4) is 0 Å². The molecule has 0 radical (unpaired) electrons. The average molecular weight is 289 g/mol. The molecule has 1 heterocycles. The summed E-state index contributed by atoms with van der Waals surface area (Å²) in [4.78, 5) is 4.21. The topological polar surface area (TPSA) is 12.4 Å². The third kappa shape index (κ3) is 2.71. The van der Waals surface area contributed by atoms with Crippen molar-refractivity contribution >= 4 is 5.71 Å². The predicted molar refractivity (Wildman–Crippen MR) is 76.8 cm³/mol. The lowest BCUT2D eigenvalue weighted by Crippen LogP contribution is -2.31. The number of rotatable bonds is 2. The van der Waals surface area contributed by atoms with Crippen molar-refractivity contribution in [2.75, 3.05) is 6.54 Å². The standard InChI is InChI=1S/C17H14F3N/c18-17(19,20)15(13-7-2-1-3-8-13)16-14-9-5-4-6-12(14)10-11-21-16/h1-9,15H,10-11H2. The van der Waals surface area contributed by atoms with Gasteiger partial charge in [-0.25, -0.2) is 0 Å². The molecule has 1 aliphatic rings. The molecule has 1 atom stereocenters. The third-order valence-electron chi connectivity index (χ3n) is 3.69. The van der Waals surface area contributed by atoms with E-state index in [2.05, 4.69) is 4.99 Å². The fraction of sp³-hybridized carbons (Fsp3) is 0.235. The van der Waals surface area contributed by atoms with Crippen LogP contribution in [0.25, 0.3) is 0 Å². The molecule has 0 N–H and O–H groups in total. The van der Waals surface area contributed by atoms with Crippen LogP contribution in [0.1, 0.15) is 22.6 Å². The van der Waals surface area contributed by atoms with Gasteiger partial charge in [0.25, 0.3) is 0 Å². The van der Waals surface area contributed by atoms with Crippen molar-refractivity contribution in [3.8, 4) is 0 Å². The largest absolute Gasteiger partial charge is 0.401 e. The normalized spacial score (nSPS) is 16.0. The molecule has 0 bridgehead atoms. The minimum atomic E-state index is -4.36. The second-order valence-corrected chi connectivity index (χ2v) is 5.06. The molecule has 0 amide bonds. The van der Waals surface area contributed by atoms with Gasteiger partial charge in [-0.05, 0) is 23.1 Å². The van der Waals surface area contributed by atoms with Crippen LogP contribution in [0.15, 0.2) is 59.6 Å². The quantitative estimate of drug-likeness (QED) is 0.778. The van der Waals surface area contributed by atoms with Crippen LogP contribution in [-0.2, 0) is 6.42 Å². The van der Waals surface area contributed by atoms with Crippen molar-refractivity contribution in [3.05, 3.63) is 71.3 Å². The zero-order valence-electron chi connectivity index (χ0n) is 11.3. The van der Waals surface area contributed by atoms with E-state index in [-0.39, 0.29) is 11.3 Å². The molecule has 0 saturated carbocycles. The van der Waals surface area contributed by atoms with Gasteiger partial charge >= 0.3 is 6.18 Å². The first kappa shape index (κ1) is 13.9. The molecule has 0 saturated heterocycles. The molecule has 0 aliphatic carbocycles. The fourth-order valence-corrected chi connectivity index (χ4v) is 2.76. The molecule has 1 nitrogen and oxygen atoms in total. The first-order chi connectivity index (χ1) is 10.1. The zero-order valence-corrected chi connectivity index (χ0v) is 11.3. The molecule has 2 aromatic rings. The lowest BCUT2D eigenvalue weighted by molar-refractivity contribution is -0.134. The van der Waals surface area contributed by atoms with E-state index in [9.17, 15) is 13.2 Å². The van der Waals surface area contributed by atoms with Gasteiger partial charge in [-0.15, -0.1) is 0 Å². The van der Waals surface area contributed by atoms with Crippen molar-refractivity contribution in [3.63, 3.8) is 0 Å². The summed E-state index contributed by atoms with van der Waals surface area (Å²) in [5.41, 5.74) is 1.93. The molecule has 2 aromatic carbocycles. The van der Waals surface area contributed by atoms with Gasteiger partial charge in [0.1, 0.15) is 5.92 Å². The minimum absolute atomic E-state index is 0.135. The van der Waals surface area contributed by atoms with Crippen molar-refractivity contribution in [1.29, 1.82) is 0 Å². The third-order valence-corrected chi connectivity index (χ3v) is 3.69. The van der Waals surface area contributed by atoms with E-state index in [1.807, 2.05) is 12.1 Å². The lowest BCUT2D eigenvalue weighted by atomic mass is 9.85. The van der Waals surface area contributed by atoms with Gasteiger partial charge in [0.05, 0.1) is 5.71 Å². The van der Waals surface area contributed by atoms with Crippen molar-refractivity contribution in [2.24, 2.45) is 4.99 Å². The Bertz CT molecular complexity index is 659. The number of alkyl halides is 3. The second-order valence-electron chi connectivity index (χ2n) is 5.06. The number of aliphatic imine (C=N–C) groups is 1. The van der Waals surface area contributed by atoms with Gasteiger partial charge < -0.3 is 0 Å². The molecule has 4 heteroatoms. The molecule has 0 spiro atoms. The number of halogens is 3. The maximum absolute atomic E-state index is 13.6. The summed E-state index contributed by atoms with van der Waals surface area (Å²) in [5.74, 6) is -1.67. The zero-order chi connectivity index (χ0) is 14.9. The van der Waals surface area contributed by atoms with E-state index in [1.54, 1.807) is 30.3 Å². The predicted octanol–water partition coefficient (Wildman–Crippen LogP) is 4.38. The Morgan fingerprint density at radius 2 is 1.57 bits per heavy atom. The van der Waals surface area contributed by atoms with E-state index in [1.165, 1.54) is 12.1 Å². The molecule has 0 fully saturated rings. The maximum Gasteiger partial charge on any atom is 0.401 e. The Kier molecular flexibility index (Phi) is 3.53. The van der Waals surface area contributed by atoms with Crippen LogP contribution in [0.2, 0.25) is 0 Å². The summed E-state index contributed by atoms with van der Waals surface area (Å²) in [6.45, 7) is 0.408. The molecule has 108 valence electrons. The van der Waals surface area contributed by atoms with Crippen LogP contribution < -0.4 is 0 Å². The maximum atomic E-state index is 13.6. The van der Waals surface area contributed by atoms with Crippen LogP contribution in [0, 0.1) is 0 Å². The Balaban J connectivity index is 2.12. The second kappa shape index (κ2) is 5.35. The Hall–Kier alpha value is -2.10. The van der Waals surface area contributed by atoms with E-state index >= 15 is 0 Å². The number of hydrogen-bond acceptors (Lipinski definition) is 1. The van der Waals surface area contributed by atoms with E-state index in [0.717, 1.165) is 5.56 Å². The Morgan fingerprint density at radius 1 is 0.905 bits per heavy atom. The summed E-state index contributed by atoms with van der Waals surface area (Å²) in [7, 11) is 0. The van der Waals surface area contributed by atoms with Crippen molar-refractivity contribution in [2.45, 2.75) is 18.5 Å². The van der Waals surface area contributed by atoms with Gasteiger partial charge in [0.2, 0.25) is 0 Å². The van der Waals surface area contributed by atoms with Gasteiger partial charge in [-0.1, -0.05) is 54.6 Å². The van der Waals surface area contributed by atoms with Crippen LogP contribution in [0.4, 0.5) is 13.2 Å². The van der Waals surface area contributed by atoms with E-state index < -0.39 is 12.1 Å². The number of nitrogens with zero attached hydrogens (tertiary/aromatic N) is 1. The molecule has 3 rings (SSSR count). The molecule has 21 heavy (non-hydrogen) atoms. The molecule has 1 aliphatic heterocycles. The van der Waals surface area contributed by atoms with Gasteiger partial charge in [0, 0.05) is 6.54 Å². The Morgan fingerprint density at radius 3 is 2.29 bits per heavy atom. The van der Waals surface area contributed by atoms with Crippen LogP contribution in [-0.4, -0.2) is 18.4 Å². The smallest absolute Gasteiger partial charge is 0.288 e.